The van der Waals surface area contributed by atoms with E-state index < -0.39 is 0 Å². The van der Waals surface area contributed by atoms with E-state index in [-0.39, 0.29) is 9.92 Å². The number of likely N-dealkylation sites (tertiary alicyclic amines) is 1. The molecular weight excluding hydrogens is 272 g/mol. The van der Waals surface area contributed by atoms with E-state index in [4.69, 9.17) is 0 Å². The van der Waals surface area contributed by atoms with Gasteiger partial charge in [0.2, 0.25) is 0 Å². The molecular formula is C15H16N2O2S. The number of nitro groups is 1. The first kappa shape index (κ1) is 13.3. The quantitative estimate of drug-likeness (QED) is 0.637. The first-order chi connectivity index (χ1) is 9.72. The lowest BCUT2D eigenvalue weighted by Gasteiger charge is -2.15. The van der Waals surface area contributed by atoms with E-state index in [1.165, 1.54) is 16.9 Å². The fourth-order valence-electron chi connectivity index (χ4n) is 2.77. The molecule has 0 aliphatic carbocycles. The number of thiophene rings is 1. The zero-order valence-electron chi connectivity index (χ0n) is 11.1. The Balaban J connectivity index is 1.61. The molecule has 1 aliphatic rings. The molecule has 104 valence electrons. The molecule has 2 heterocycles. The molecule has 2 aromatic rings. The number of hydrogen-bond acceptors (Lipinski definition) is 4. The topological polar surface area (TPSA) is 46.4 Å². The molecule has 3 rings (SSSR count). The average Bonchev–Trinajstić information content (AvgIpc) is 3.10. The second-order valence-electron chi connectivity index (χ2n) is 5.18. The monoisotopic (exact) mass is 288 g/mol. The molecule has 1 aromatic carbocycles. The van der Waals surface area contributed by atoms with Gasteiger partial charge in [-0.2, -0.15) is 0 Å². The van der Waals surface area contributed by atoms with Crippen LogP contribution < -0.4 is 0 Å². The molecule has 1 aliphatic heterocycles. The lowest BCUT2D eigenvalue weighted by atomic mass is 9.99. The molecule has 0 radical (unpaired) electrons. The Morgan fingerprint density at radius 3 is 2.85 bits per heavy atom. The SMILES string of the molecule is O=[N+]([O-])c1cc(CN2CC[C@H](c3ccccc3)C2)cs1. The van der Waals surface area contributed by atoms with Crippen molar-refractivity contribution in [3.8, 4) is 0 Å². The molecule has 20 heavy (non-hydrogen) atoms. The van der Waals surface area contributed by atoms with Crippen LogP contribution in [0.5, 0.6) is 0 Å². The van der Waals surface area contributed by atoms with E-state index >= 15 is 0 Å². The third kappa shape index (κ3) is 2.89. The standard InChI is InChI=1S/C15H16N2O2S/c18-17(19)15-8-12(11-20-15)9-16-7-6-14(10-16)13-4-2-1-3-5-13/h1-5,8,11,14H,6-7,9-10H2/t14-/m0/s1. The van der Waals surface area contributed by atoms with Crippen LogP contribution in [-0.4, -0.2) is 22.9 Å². The molecule has 4 nitrogen and oxygen atoms in total. The molecule has 0 bridgehead atoms. The third-order valence-corrected chi connectivity index (χ3v) is 4.70. The Kier molecular flexibility index (Phi) is 3.80. The predicted octanol–water partition coefficient (Wildman–Crippen LogP) is 3.65. The molecule has 1 saturated heterocycles. The minimum absolute atomic E-state index is 0.235. The van der Waals surface area contributed by atoms with Crippen LogP contribution in [0.4, 0.5) is 5.00 Å². The second kappa shape index (κ2) is 5.73. The molecule has 1 fully saturated rings. The Morgan fingerprint density at radius 2 is 2.15 bits per heavy atom. The molecule has 1 atom stereocenters. The van der Waals surface area contributed by atoms with Crippen molar-refractivity contribution in [1.82, 2.24) is 4.90 Å². The summed E-state index contributed by atoms with van der Waals surface area (Å²) in [5.41, 5.74) is 2.45. The first-order valence-corrected chi connectivity index (χ1v) is 7.59. The van der Waals surface area contributed by atoms with E-state index in [2.05, 4.69) is 29.2 Å². The van der Waals surface area contributed by atoms with Crippen LogP contribution in [0.15, 0.2) is 41.8 Å². The van der Waals surface area contributed by atoms with E-state index in [1.807, 2.05) is 11.4 Å². The van der Waals surface area contributed by atoms with Gasteiger partial charge in [-0.25, -0.2) is 0 Å². The van der Waals surface area contributed by atoms with Gasteiger partial charge in [-0.3, -0.25) is 15.0 Å². The van der Waals surface area contributed by atoms with Gasteiger partial charge in [-0.1, -0.05) is 41.7 Å². The van der Waals surface area contributed by atoms with E-state index in [9.17, 15) is 10.1 Å². The van der Waals surface area contributed by atoms with Crippen LogP contribution in [0, 0.1) is 10.1 Å². The van der Waals surface area contributed by atoms with Gasteiger partial charge in [-0.05, 0) is 30.0 Å². The van der Waals surface area contributed by atoms with Crippen molar-refractivity contribution in [3.05, 3.63) is 63.0 Å². The molecule has 0 saturated carbocycles. The molecule has 5 heteroatoms. The summed E-state index contributed by atoms with van der Waals surface area (Å²) in [7, 11) is 0. The largest absolute Gasteiger partial charge is 0.324 e. The van der Waals surface area contributed by atoms with Gasteiger partial charge in [0.1, 0.15) is 0 Å². The van der Waals surface area contributed by atoms with Crippen LogP contribution in [0.3, 0.4) is 0 Å². The van der Waals surface area contributed by atoms with Gasteiger partial charge in [0.25, 0.3) is 0 Å². The summed E-state index contributed by atoms with van der Waals surface area (Å²) in [6.45, 7) is 2.91. The zero-order valence-corrected chi connectivity index (χ0v) is 11.9. The van der Waals surface area contributed by atoms with Crippen LogP contribution in [0.2, 0.25) is 0 Å². The van der Waals surface area contributed by atoms with Gasteiger partial charge in [0.05, 0.1) is 4.92 Å². The van der Waals surface area contributed by atoms with Crippen molar-refractivity contribution >= 4 is 16.3 Å². The van der Waals surface area contributed by atoms with E-state index in [0.29, 0.717) is 5.92 Å². The van der Waals surface area contributed by atoms with Gasteiger partial charge in [0.15, 0.2) is 0 Å². The Labute approximate surface area is 121 Å². The third-order valence-electron chi connectivity index (χ3n) is 3.77. The van der Waals surface area contributed by atoms with Gasteiger partial charge in [0, 0.05) is 24.5 Å². The normalized spacial score (nSPS) is 19.3. The fourth-order valence-corrected chi connectivity index (χ4v) is 3.49. The summed E-state index contributed by atoms with van der Waals surface area (Å²) in [5, 5.41) is 12.8. The predicted molar refractivity (Wildman–Crippen MR) is 80.1 cm³/mol. The van der Waals surface area contributed by atoms with Gasteiger partial charge in [-0.15, -0.1) is 0 Å². The van der Waals surface area contributed by atoms with Crippen molar-refractivity contribution in [1.29, 1.82) is 0 Å². The summed E-state index contributed by atoms with van der Waals surface area (Å²) >= 11 is 1.21. The van der Waals surface area contributed by atoms with Gasteiger partial charge >= 0.3 is 5.00 Å². The van der Waals surface area contributed by atoms with Gasteiger partial charge < -0.3 is 0 Å². The molecule has 0 N–H and O–H groups in total. The molecule has 1 aromatic heterocycles. The van der Waals surface area contributed by atoms with E-state index in [1.54, 1.807) is 6.07 Å². The first-order valence-electron chi connectivity index (χ1n) is 6.71. The van der Waals surface area contributed by atoms with Crippen LogP contribution in [-0.2, 0) is 6.54 Å². The molecule has 0 amide bonds. The summed E-state index contributed by atoms with van der Waals surface area (Å²) in [6, 6.07) is 12.3. The number of rotatable bonds is 4. The van der Waals surface area contributed by atoms with Crippen molar-refractivity contribution in [2.75, 3.05) is 13.1 Å². The van der Waals surface area contributed by atoms with Crippen molar-refractivity contribution < 1.29 is 4.92 Å². The minimum atomic E-state index is -0.315. The molecule has 0 unspecified atom stereocenters. The van der Waals surface area contributed by atoms with E-state index in [0.717, 1.165) is 31.6 Å². The highest BCUT2D eigenvalue weighted by molar-refractivity contribution is 7.13. The smallest absolute Gasteiger partial charge is 0.298 e. The summed E-state index contributed by atoms with van der Waals surface area (Å²) < 4.78 is 0. The lowest BCUT2D eigenvalue weighted by Crippen LogP contribution is -2.19. The van der Waals surface area contributed by atoms with Crippen molar-refractivity contribution in [2.45, 2.75) is 18.9 Å². The summed E-state index contributed by atoms with van der Waals surface area (Å²) in [5.74, 6) is 0.588. The second-order valence-corrected chi connectivity index (χ2v) is 6.07. The maximum Gasteiger partial charge on any atom is 0.324 e. The van der Waals surface area contributed by atoms with Crippen molar-refractivity contribution in [3.63, 3.8) is 0 Å². The summed E-state index contributed by atoms with van der Waals surface area (Å²) in [4.78, 5) is 12.8. The maximum absolute atomic E-state index is 10.7. The van der Waals surface area contributed by atoms with Crippen LogP contribution in [0.25, 0.3) is 0 Å². The maximum atomic E-state index is 10.7. The molecule has 0 spiro atoms. The zero-order chi connectivity index (χ0) is 13.9. The minimum Gasteiger partial charge on any atom is -0.298 e. The number of benzene rings is 1. The van der Waals surface area contributed by atoms with Crippen LogP contribution in [0.1, 0.15) is 23.5 Å². The average molecular weight is 288 g/mol. The van der Waals surface area contributed by atoms with Crippen molar-refractivity contribution in [2.24, 2.45) is 0 Å². The Morgan fingerprint density at radius 1 is 1.35 bits per heavy atom. The van der Waals surface area contributed by atoms with Crippen LogP contribution >= 0.6 is 11.3 Å². The highest BCUT2D eigenvalue weighted by atomic mass is 32.1. The Bertz CT molecular complexity index is 597. The number of nitrogens with zero attached hydrogens (tertiary/aromatic N) is 2. The lowest BCUT2D eigenvalue weighted by molar-refractivity contribution is -0.380. The Hall–Kier alpha value is -1.72. The highest BCUT2D eigenvalue weighted by Crippen LogP contribution is 2.29. The fraction of sp³-hybridized carbons (Fsp3) is 0.333. The number of hydrogen-bond donors (Lipinski definition) is 0. The summed E-state index contributed by atoms with van der Waals surface area (Å²) in [6.07, 6.45) is 1.16. The highest BCUT2D eigenvalue weighted by Gasteiger charge is 2.24.